The number of anilines is 1. The van der Waals surface area contributed by atoms with Crippen molar-refractivity contribution in [1.29, 1.82) is 0 Å². The molecule has 2 aromatic carbocycles. The Morgan fingerprint density at radius 1 is 1.22 bits per heavy atom. The van der Waals surface area contributed by atoms with E-state index in [-0.39, 0.29) is 12.5 Å². The average Bonchev–Trinajstić information content (AvgIpc) is 2.92. The average molecular weight is 438 g/mol. The van der Waals surface area contributed by atoms with Gasteiger partial charge in [-0.3, -0.25) is 9.69 Å². The van der Waals surface area contributed by atoms with Crippen LogP contribution in [-0.4, -0.2) is 22.8 Å². The van der Waals surface area contributed by atoms with Gasteiger partial charge in [0, 0.05) is 0 Å². The summed E-state index contributed by atoms with van der Waals surface area (Å²) < 4.78 is 5.39. The Labute approximate surface area is 176 Å². The van der Waals surface area contributed by atoms with E-state index < -0.39 is 5.97 Å². The minimum Gasteiger partial charge on any atom is -0.462 e. The number of esters is 1. The Kier molecular flexibility index (Phi) is 6.22. The molecule has 0 bridgehead atoms. The SMILES string of the molecule is CCOC(=O)c1cccc(N2C(=O)/C(=C/c3ccc(Cl)c(Cl)c3)SC2=S)c1. The van der Waals surface area contributed by atoms with Gasteiger partial charge in [-0.05, 0) is 48.9 Å². The lowest BCUT2D eigenvalue weighted by Gasteiger charge is -2.15. The number of ether oxygens (including phenoxy) is 1. The molecule has 0 radical (unpaired) electrons. The summed E-state index contributed by atoms with van der Waals surface area (Å²) in [5.74, 6) is -0.715. The van der Waals surface area contributed by atoms with Gasteiger partial charge in [-0.2, -0.15) is 0 Å². The quantitative estimate of drug-likeness (QED) is 0.355. The first kappa shape index (κ1) is 19.9. The highest BCUT2D eigenvalue weighted by atomic mass is 35.5. The maximum atomic E-state index is 12.9. The molecular formula is C19H13Cl2NO3S2. The van der Waals surface area contributed by atoms with Gasteiger partial charge in [0.2, 0.25) is 0 Å². The summed E-state index contributed by atoms with van der Waals surface area (Å²) in [5.41, 5.74) is 1.61. The predicted octanol–water partition coefficient (Wildman–Crippen LogP) is 5.58. The van der Waals surface area contributed by atoms with Gasteiger partial charge in [-0.1, -0.05) is 59.3 Å². The van der Waals surface area contributed by atoms with E-state index in [9.17, 15) is 9.59 Å². The van der Waals surface area contributed by atoms with Crippen molar-refractivity contribution < 1.29 is 14.3 Å². The summed E-state index contributed by atoms with van der Waals surface area (Å²) in [6, 6.07) is 11.7. The number of benzene rings is 2. The third-order valence-corrected chi connectivity index (χ3v) is 5.69. The minimum absolute atomic E-state index is 0.267. The highest BCUT2D eigenvalue weighted by Gasteiger charge is 2.33. The predicted molar refractivity (Wildman–Crippen MR) is 115 cm³/mol. The van der Waals surface area contributed by atoms with Gasteiger partial charge in [0.1, 0.15) is 0 Å². The van der Waals surface area contributed by atoms with E-state index in [1.165, 1.54) is 16.7 Å². The van der Waals surface area contributed by atoms with Crippen LogP contribution in [0.3, 0.4) is 0 Å². The van der Waals surface area contributed by atoms with Crippen molar-refractivity contribution in [2.45, 2.75) is 6.92 Å². The van der Waals surface area contributed by atoms with Crippen LogP contribution in [0, 0.1) is 0 Å². The lowest BCUT2D eigenvalue weighted by Crippen LogP contribution is -2.27. The Hall–Kier alpha value is -1.86. The molecule has 3 rings (SSSR count). The number of nitrogens with zero attached hydrogens (tertiary/aromatic N) is 1. The first-order chi connectivity index (χ1) is 12.9. The van der Waals surface area contributed by atoms with E-state index in [0.717, 1.165) is 5.56 Å². The molecule has 0 aromatic heterocycles. The van der Waals surface area contributed by atoms with E-state index in [4.69, 9.17) is 40.2 Å². The first-order valence-corrected chi connectivity index (χ1v) is 9.89. The monoisotopic (exact) mass is 437 g/mol. The molecule has 1 saturated heterocycles. The number of thiocarbonyl (C=S) groups is 1. The lowest BCUT2D eigenvalue weighted by atomic mass is 10.2. The largest absolute Gasteiger partial charge is 0.462 e. The fraction of sp³-hybridized carbons (Fsp3) is 0.105. The van der Waals surface area contributed by atoms with Gasteiger partial charge in [-0.25, -0.2) is 4.79 Å². The third kappa shape index (κ3) is 4.35. The highest BCUT2D eigenvalue weighted by Crippen LogP contribution is 2.36. The molecule has 2 aromatic rings. The Morgan fingerprint density at radius 3 is 2.70 bits per heavy atom. The molecular weight excluding hydrogens is 425 g/mol. The second kappa shape index (κ2) is 8.44. The van der Waals surface area contributed by atoms with Crippen LogP contribution in [-0.2, 0) is 9.53 Å². The Morgan fingerprint density at radius 2 is 2.00 bits per heavy atom. The van der Waals surface area contributed by atoms with Crippen LogP contribution in [0.1, 0.15) is 22.8 Å². The molecule has 0 spiro atoms. The van der Waals surface area contributed by atoms with Crippen LogP contribution in [0.2, 0.25) is 10.0 Å². The maximum absolute atomic E-state index is 12.9. The van der Waals surface area contributed by atoms with E-state index in [1.54, 1.807) is 55.5 Å². The molecule has 1 aliphatic rings. The number of carbonyl (C=O) groups excluding carboxylic acids is 2. The van der Waals surface area contributed by atoms with Crippen molar-refractivity contribution in [2.75, 3.05) is 11.5 Å². The number of carbonyl (C=O) groups is 2. The first-order valence-electron chi connectivity index (χ1n) is 7.91. The van der Waals surface area contributed by atoms with Gasteiger partial charge in [0.05, 0.1) is 32.8 Å². The summed E-state index contributed by atoms with van der Waals surface area (Å²) in [4.78, 5) is 26.6. The van der Waals surface area contributed by atoms with Crippen molar-refractivity contribution in [3.63, 3.8) is 0 Å². The van der Waals surface area contributed by atoms with E-state index in [2.05, 4.69) is 0 Å². The normalized spacial score (nSPS) is 15.5. The summed E-state index contributed by atoms with van der Waals surface area (Å²) in [6.07, 6.45) is 1.71. The third-order valence-electron chi connectivity index (χ3n) is 3.65. The number of hydrogen-bond donors (Lipinski definition) is 0. The molecule has 0 unspecified atom stereocenters. The van der Waals surface area contributed by atoms with Crippen LogP contribution in [0.5, 0.6) is 0 Å². The van der Waals surface area contributed by atoms with Gasteiger partial charge in [-0.15, -0.1) is 0 Å². The maximum Gasteiger partial charge on any atom is 0.338 e. The summed E-state index contributed by atoms with van der Waals surface area (Å²) in [5, 5.41) is 0.847. The second-order valence-electron chi connectivity index (χ2n) is 5.46. The molecule has 27 heavy (non-hydrogen) atoms. The molecule has 0 aliphatic carbocycles. The van der Waals surface area contributed by atoms with Crippen LogP contribution < -0.4 is 4.90 Å². The summed E-state index contributed by atoms with van der Waals surface area (Å²) in [6.45, 7) is 2.01. The van der Waals surface area contributed by atoms with Crippen molar-refractivity contribution in [2.24, 2.45) is 0 Å². The van der Waals surface area contributed by atoms with Gasteiger partial charge in [0.15, 0.2) is 4.32 Å². The number of halogens is 2. The molecule has 0 saturated carbocycles. The number of thioether (sulfide) groups is 1. The number of hydrogen-bond acceptors (Lipinski definition) is 5. The number of amides is 1. The molecule has 1 aliphatic heterocycles. The van der Waals surface area contributed by atoms with Crippen LogP contribution in [0.25, 0.3) is 6.08 Å². The molecule has 0 atom stereocenters. The zero-order valence-corrected chi connectivity index (χ0v) is 17.2. The highest BCUT2D eigenvalue weighted by molar-refractivity contribution is 8.27. The second-order valence-corrected chi connectivity index (χ2v) is 7.95. The van der Waals surface area contributed by atoms with E-state index >= 15 is 0 Å². The summed E-state index contributed by atoms with van der Waals surface area (Å²) >= 11 is 18.5. The van der Waals surface area contributed by atoms with Crippen molar-refractivity contribution >= 4 is 75.1 Å². The Balaban J connectivity index is 1.90. The van der Waals surface area contributed by atoms with E-state index in [1.807, 2.05) is 0 Å². The van der Waals surface area contributed by atoms with Crippen molar-refractivity contribution in [3.8, 4) is 0 Å². The van der Waals surface area contributed by atoms with Crippen LogP contribution in [0.15, 0.2) is 47.4 Å². The van der Waals surface area contributed by atoms with Crippen LogP contribution in [0.4, 0.5) is 5.69 Å². The zero-order chi connectivity index (χ0) is 19.6. The van der Waals surface area contributed by atoms with E-state index in [0.29, 0.717) is 30.5 Å². The fourth-order valence-electron chi connectivity index (χ4n) is 2.43. The fourth-order valence-corrected chi connectivity index (χ4v) is 4.04. The Bertz CT molecular complexity index is 975. The zero-order valence-electron chi connectivity index (χ0n) is 14.1. The minimum atomic E-state index is -0.448. The molecule has 138 valence electrons. The molecule has 1 heterocycles. The van der Waals surface area contributed by atoms with Crippen LogP contribution >= 0.6 is 47.2 Å². The smallest absolute Gasteiger partial charge is 0.338 e. The number of rotatable bonds is 4. The molecule has 8 heteroatoms. The van der Waals surface area contributed by atoms with Gasteiger partial charge in [0.25, 0.3) is 5.91 Å². The molecule has 4 nitrogen and oxygen atoms in total. The summed E-state index contributed by atoms with van der Waals surface area (Å²) in [7, 11) is 0. The van der Waals surface area contributed by atoms with Gasteiger partial charge >= 0.3 is 5.97 Å². The standard InChI is InChI=1S/C19H13Cl2NO3S2/c1-2-25-18(24)12-4-3-5-13(10-12)22-17(23)16(27-19(22)26)9-11-6-7-14(20)15(21)8-11/h3-10H,2H2,1H3/b16-9-. The molecule has 1 amide bonds. The molecule has 1 fully saturated rings. The lowest BCUT2D eigenvalue weighted by molar-refractivity contribution is -0.113. The van der Waals surface area contributed by atoms with Gasteiger partial charge < -0.3 is 4.74 Å². The van der Waals surface area contributed by atoms with Crippen molar-refractivity contribution in [3.05, 3.63) is 68.5 Å². The van der Waals surface area contributed by atoms with Crippen molar-refractivity contribution in [1.82, 2.24) is 0 Å². The topological polar surface area (TPSA) is 46.6 Å². The molecule has 0 N–H and O–H groups in total.